The topological polar surface area (TPSA) is 9.23 Å². The average Bonchev–Trinajstić information content (AvgIpc) is 2.85. The molecule has 98 valence electrons. The zero-order valence-electron chi connectivity index (χ0n) is 9.95. The van der Waals surface area contributed by atoms with E-state index >= 15 is 0 Å². The summed E-state index contributed by atoms with van der Waals surface area (Å²) >= 11 is 6.40. The van der Waals surface area contributed by atoms with Crippen LogP contribution in [-0.2, 0) is 0 Å². The molecule has 2 aromatic rings. The molecule has 4 heteroatoms. The number of halogens is 3. The van der Waals surface area contributed by atoms with Crippen LogP contribution in [0.15, 0.2) is 42.5 Å². The summed E-state index contributed by atoms with van der Waals surface area (Å²) in [6.07, 6.45) is 0. The molecule has 1 nitrogen and oxygen atoms in total. The van der Waals surface area contributed by atoms with Gasteiger partial charge in [0.1, 0.15) is 5.75 Å². The Morgan fingerprint density at radius 1 is 1.11 bits per heavy atom. The van der Waals surface area contributed by atoms with Crippen LogP contribution in [0.1, 0.15) is 22.4 Å². The molecule has 0 N–H and O–H groups in total. The Morgan fingerprint density at radius 3 is 2.68 bits per heavy atom. The largest absolute Gasteiger partial charge is 0.493 e. The fourth-order valence-corrected chi connectivity index (χ4v) is 2.69. The molecule has 0 amide bonds. The highest BCUT2D eigenvalue weighted by Crippen LogP contribution is 2.44. The molecule has 0 radical (unpaired) electrons. The summed E-state index contributed by atoms with van der Waals surface area (Å²) in [5, 5.41) is -0.446. The number of rotatable bonds is 2. The maximum absolute atomic E-state index is 13.3. The lowest BCUT2D eigenvalue weighted by molar-refractivity contribution is 0.327. The van der Waals surface area contributed by atoms with Crippen LogP contribution >= 0.6 is 11.6 Å². The predicted molar refractivity (Wildman–Crippen MR) is 69.6 cm³/mol. The summed E-state index contributed by atoms with van der Waals surface area (Å²) in [6.45, 7) is 0.451. The molecule has 1 heterocycles. The van der Waals surface area contributed by atoms with E-state index in [4.69, 9.17) is 16.3 Å². The van der Waals surface area contributed by atoms with Gasteiger partial charge in [-0.25, -0.2) is 8.78 Å². The third-order valence-corrected chi connectivity index (χ3v) is 3.91. The van der Waals surface area contributed by atoms with E-state index in [-0.39, 0.29) is 5.92 Å². The Hall–Kier alpha value is -1.61. The summed E-state index contributed by atoms with van der Waals surface area (Å²) in [6, 6.07) is 11.4. The van der Waals surface area contributed by atoms with Gasteiger partial charge >= 0.3 is 0 Å². The van der Waals surface area contributed by atoms with Crippen molar-refractivity contribution in [1.82, 2.24) is 0 Å². The molecule has 0 fully saturated rings. The van der Waals surface area contributed by atoms with Crippen LogP contribution in [0, 0.1) is 11.6 Å². The third kappa shape index (κ3) is 2.19. The van der Waals surface area contributed by atoms with Crippen LogP contribution < -0.4 is 4.74 Å². The van der Waals surface area contributed by atoms with Crippen molar-refractivity contribution < 1.29 is 13.5 Å². The van der Waals surface area contributed by atoms with Crippen molar-refractivity contribution in [1.29, 1.82) is 0 Å². The molecular weight excluding hydrogens is 270 g/mol. The van der Waals surface area contributed by atoms with Gasteiger partial charge in [-0.05, 0) is 23.8 Å². The Balaban J connectivity index is 1.93. The van der Waals surface area contributed by atoms with Crippen molar-refractivity contribution in [3.63, 3.8) is 0 Å². The first kappa shape index (κ1) is 12.4. The quantitative estimate of drug-likeness (QED) is 0.740. The molecule has 0 saturated carbocycles. The first-order valence-electron chi connectivity index (χ1n) is 5.97. The molecule has 19 heavy (non-hydrogen) atoms. The van der Waals surface area contributed by atoms with Crippen molar-refractivity contribution >= 4 is 11.6 Å². The van der Waals surface area contributed by atoms with Gasteiger partial charge in [0.25, 0.3) is 0 Å². The minimum Gasteiger partial charge on any atom is -0.493 e. The second kappa shape index (κ2) is 4.82. The summed E-state index contributed by atoms with van der Waals surface area (Å²) in [4.78, 5) is 0. The zero-order chi connectivity index (χ0) is 13.4. The highest BCUT2D eigenvalue weighted by Gasteiger charge is 2.31. The van der Waals surface area contributed by atoms with Gasteiger partial charge in [-0.1, -0.05) is 24.3 Å². The average molecular weight is 281 g/mol. The number of alkyl halides is 1. The lowest BCUT2D eigenvalue weighted by Gasteiger charge is -2.16. The van der Waals surface area contributed by atoms with E-state index in [1.54, 1.807) is 0 Å². The van der Waals surface area contributed by atoms with Gasteiger partial charge in [0.2, 0.25) is 0 Å². The molecule has 2 aromatic carbocycles. The molecule has 1 aliphatic rings. The summed E-state index contributed by atoms with van der Waals surface area (Å²) in [5.41, 5.74) is 1.57. The molecule has 0 spiro atoms. The Bertz CT molecular complexity index is 615. The molecule has 0 bridgehead atoms. The number of fused-ring (bicyclic) bond motifs is 1. The number of para-hydroxylation sites is 1. The maximum Gasteiger partial charge on any atom is 0.159 e. The van der Waals surface area contributed by atoms with E-state index in [0.717, 1.165) is 23.4 Å². The zero-order valence-corrected chi connectivity index (χ0v) is 10.7. The highest BCUT2D eigenvalue weighted by molar-refractivity contribution is 6.21. The van der Waals surface area contributed by atoms with Crippen LogP contribution in [0.5, 0.6) is 5.75 Å². The first-order valence-corrected chi connectivity index (χ1v) is 6.41. The maximum atomic E-state index is 13.3. The van der Waals surface area contributed by atoms with Crippen LogP contribution in [-0.4, -0.2) is 6.61 Å². The number of ether oxygens (including phenoxy) is 1. The van der Waals surface area contributed by atoms with E-state index in [0.29, 0.717) is 12.2 Å². The van der Waals surface area contributed by atoms with Gasteiger partial charge in [-0.3, -0.25) is 0 Å². The minimum atomic E-state index is -0.879. The van der Waals surface area contributed by atoms with Crippen LogP contribution in [0.3, 0.4) is 0 Å². The van der Waals surface area contributed by atoms with Crippen LogP contribution in [0.2, 0.25) is 0 Å². The number of hydrogen-bond donors (Lipinski definition) is 0. The fourth-order valence-electron chi connectivity index (χ4n) is 2.35. The van der Waals surface area contributed by atoms with Crippen molar-refractivity contribution in [2.45, 2.75) is 11.3 Å². The van der Waals surface area contributed by atoms with Crippen LogP contribution in [0.4, 0.5) is 8.78 Å². The summed E-state index contributed by atoms with van der Waals surface area (Å²) in [7, 11) is 0. The molecule has 1 aliphatic heterocycles. The molecule has 0 aliphatic carbocycles. The fraction of sp³-hybridized carbons (Fsp3) is 0.200. The molecular formula is C15H11ClF2O. The molecule has 2 atom stereocenters. The predicted octanol–water partition coefficient (Wildman–Crippen LogP) is 4.42. The van der Waals surface area contributed by atoms with Gasteiger partial charge in [0, 0.05) is 11.5 Å². The van der Waals surface area contributed by atoms with Gasteiger partial charge in [-0.2, -0.15) is 0 Å². The number of benzene rings is 2. The lowest BCUT2D eigenvalue weighted by Crippen LogP contribution is -2.08. The molecule has 2 unspecified atom stereocenters. The van der Waals surface area contributed by atoms with Crippen molar-refractivity contribution in [3.8, 4) is 5.75 Å². The Kier molecular flexibility index (Phi) is 3.15. The number of hydrogen-bond acceptors (Lipinski definition) is 1. The van der Waals surface area contributed by atoms with Gasteiger partial charge in [-0.15, -0.1) is 11.6 Å². The monoisotopic (exact) mass is 280 g/mol. The van der Waals surface area contributed by atoms with E-state index < -0.39 is 17.0 Å². The second-order valence-corrected chi connectivity index (χ2v) is 5.00. The van der Waals surface area contributed by atoms with E-state index in [9.17, 15) is 8.78 Å². The second-order valence-electron chi connectivity index (χ2n) is 4.53. The third-order valence-electron chi connectivity index (χ3n) is 3.35. The molecule has 0 aromatic heterocycles. The van der Waals surface area contributed by atoms with Crippen molar-refractivity contribution in [2.75, 3.05) is 6.61 Å². The van der Waals surface area contributed by atoms with Crippen molar-refractivity contribution in [3.05, 3.63) is 65.2 Å². The van der Waals surface area contributed by atoms with E-state index in [1.165, 1.54) is 6.07 Å². The van der Waals surface area contributed by atoms with E-state index in [2.05, 4.69) is 0 Å². The summed E-state index contributed by atoms with van der Waals surface area (Å²) in [5.74, 6) is -0.991. The normalized spacial score (nSPS) is 18.8. The SMILES string of the molecule is Fc1ccc(C(Cl)C2COc3ccccc32)cc1F. The molecule has 3 rings (SSSR count). The van der Waals surface area contributed by atoms with Gasteiger partial charge < -0.3 is 4.74 Å². The highest BCUT2D eigenvalue weighted by atomic mass is 35.5. The Morgan fingerprint density at radius 2 is 1.89 bits per heavy atom. The molecule has 0 saturated heterocycles. The van der Waals surface area contributed by atoms with Gasteiger partial charge in [0.05, 0.1) is 12.0 Å². The first-order chi connectivity index (χ1) is 9.16. The van der Waals surface area contributed by atoms with E-state index in [1.807, 2.05) is 24.3 Å². The van der Waals surface area contributed by atoms with Crippen molar-refractivity contribution in [2.24, 2.45) is 0 Å². The smallest absolute Gasteiger partial charge is 0.159 e. The summed E-state index contributed by atoms with van der Waals surface area (Å²) < 4.78 is 31.7. The standard InChI is InChI=1S/C15H11ClF2O/c16-15(9-5-6-12(17)13(18)7-9)11-8-19-14-4-2-1-3-10(11)14/h1-7,11,15H,8H2. The Labute approximate surface area is 114 Å². The van der Waals surface area contributed by atoms with Gasteiger partial charge in [0.15, 0.2) is 11.6 Å². The van der Waals surface area contributed by atoms with Crippen LogP contribution in [0.25, 0.3) is 0 Å². The lowest BCUT2D eigenvalue weighted by atomic mass is 9.93. The minimum absolute atomic E-state index is 0.0530.